The van der Waals surface area contributed by atoms with E-state index in [9.17, 15) is 4.79 Å². The molecular weight excluding hydrogens is 366 g/mol. The zero-order valence-corrected chi connectivity index (χ0v) is 17.3. The maximum atomic E-state index is 11.7. The van der Waals surface area contributed by atoms with Gasteiger partial charge < -0.3 is 16.0 Å². The van der Waals surface area contributed by atoms with Gasteiger partial charge >= 0.3 is 6.03 Å². The average molecular weight is 396 g/mol. The van der Waals surface area contributed by atoms with Gasteiger partial charge in [-0.1, -0.05) is 39.0 Å². The van der Waals surface area contributed by atoms with Crippen molar-refractivity contribution in [2.75, 3.05) is 25.0 Å². The Labute approximate surface area is 171 Å². The third kappa shape index (κ3) is 5.01. The lowest BCUT2D eigenvalue weighted by Crippen LogP contribution is -2.38. The summed E-state index contributed by atoms with van der Waals surface area (Å²) in [5.41, 5.74) is 1.73. The molecule has 2 aromatic heterocycles. The number of carbonyl (C=O) groups is 1. The smallest absolute Gasteiger partial charge is 0.314 e. The van der Waals surface area contributed by atoms with Crippen LogP contribution in [0.3, 0.4) is 0 Å². The van der Waals surface area contributed by atoms with Crippen molar-refractivity contribution in [3.05, 3.63) is 42.4 Å². The van der Waals surface area contributed by atoms with Gasteiger partial charge in [-0.3, -0.25) is 0 Å². The Bertz CT molecular complexity index is 939. The van der Waals surface area contributed by atoms with E-state index in [4.69, 9.17) is 9.97 Å². The van der Waals surface area contributed by atoms with Crippen molar-refractivity contribution >= 4 is 22.9 Å². The predicted octanol–water partition coefficient (Wildman–Crippen LogP) is 3.45. The van der Waals surface area contributed by atoms with Crippen LogP contribution in [-0.2, 0) is 0 Å². The molecule has 0 aliphatic carbocycles. The quantitative estimate of drug-likeness (QED) is 0.482. The van der Waals surface area contributed by atoms with Crippen molar-refractivity contribution in [2.24, 2.45) is 0 Å². The van der Waals surface area contributed by atoms with Crippen LogP contribution in [0.1, 0.15) is 45.4 Å². The molecule has 29 heavy (non-hydrogen) atoms. The average Bonchev–Trinajstić information content (AvgIpc) is 3.19. The molecular formula is C21H29N7O. The van der Waals surface area contributed by atoms with Crippen LogP contribution < -0.4 is 16.0 Å². The Hall–Kier alpha value is -3.16. The van der Waals surface area contributed by atoms with Crippen LogP contribution in [0.25, 0.3) is 16.7 Å². The molecule has 8 nitrogen and oxygen atoms in total. The normalized spacial score (nSPS) is 12.0. The number of hydrogen-bond acceptors (Lipinski definition) is 5. The number of fused-ring (bicyclic) bond motifs is 1. The van der Waals surface area contributed by atoms with Crippen molar-refractivity contribution in [2.45, 2.75) is 39.5 Å². The SMILES string of the molecule is CCCNC(=O)NCCNc1nc([C@H](C)CC)nc2c1cnn2-c1ccccc1. The van der Waals surface area contributed by atoms with Gasteiger partial charge in [-0.25, -0.2) is 19.4 Å². The number of hydrogen-bond donors (Lipinski definition) is 3. The van der Waals surface area contributed by atoms with E-state index in [2.05, 4.69) is 34.9 Å². The van der Waals surface area contributed by atoms with Crippen LogP contribution >= 0.6 is 0 Å². The molecule has 3 aromatic rings. The maximum Gasteiger partial charge on any atom is 0.314 e. The zero-order valence-electron chi connectivity index (χ0n) is 17.3. The highest BCUT2D eigenvalue weighted by Gasteiger charge is 2.16. The van der Waals surface area contributed by atoms with E-state index in [-0.39, 0.29) is 11.9 Å². The molecule has 0 saturated carbocycles. The first-order chi connectivity index (χ1) is 14.1. The maximum absolute atomic E-state index is 11.7. The third-order valence-corrected chi connectivity index (χ3v) is 4.74. The van der Waals surface area contributed by atoms with Crippen molar-refractivity contribution in [1.82, 2.24) is 30.4 Å². The van der Waals surface area contributed by atoms with Crippen LogP contribution in [0.15, 0.2) is 36.5 Å². The van der Waals surface area contributed by atoms with Gasteiger partial charge in [0.25, 0.3) is 0 Å². The first-order valence-electron chi connectivity index (χ1n) is 10.2. The molecule has 1 atom stereocenters. The second-order valence-corrected chi connectivity index (χ2v) is 6.98. The molecule has 0 unspecified atom stereocenters. The number of amides is 2. The summed E-state index contributed by atoms with van der Waals surface area (Å²) in [6, 6.07) is 9.79. The predicted molar refractivity (Wildman–Crippen MR) is 116 cm³/mol. The molecule has 0 aliphatic rings. The molecule has 2 heterocycles. The minimum absolute atomic E-state index is 0.154. The Morgan fingerprint density at radius 3 is 2.55 bits per heavy atom. The molecule has 2 amide bonds. The Balaban J connectivity index is 1.82. The van der Waals surface area contributed by atoms with Crippen LogP contribution in [0.5, 0.6) is 0 Å². The van der Waals surface area contributed by atoms with E-state index < -0.39 is 0 Å². The highest BCUT2D eigenvalue weighted by Crippen LogP contribution is 2.26. The monoisotopic (exact) mass is 395 g/mol. The molecule has 0 bridgehead atoms. The van der Waals surface area contributed by atoms with Gasteiger partial charge in [-0.05, 0) is 25.0 Å². The highest BCUT2D eigenvalue weighted by molar-refractivity contribution is 5.87. The summed E-state index contributed by atoms with van der Waals surface area (Å²) in [4.78, 5) is 21.2. The number of anilines is 1. The number of rotatable bonds is 9. The molecule has 3 N–H and O–H groups in total. The lowest BCUT2D eigenvalue weighted by atomic mass is 10.1. The molecule has 8 heteroatoms. The van der Waals surface area contributed by atoms with E-state index in [1.807, 2.05) is 41.9 Å². The standard InChI is InChI=1S/C21H29N7O/c1-4-11-23-21(29)24-13-12-22-19-17-14-25-28(16-9-7-6-8-10-16)20(17)27-18(26-19)15(3)5-2/h6-10,14-15H,4-5,11-13H2,1-3H3,(H,22,26,27)(H2,23,24,29)/t15-/m1/s1. The fourth-order valence-electron chi connectivity index (χ4n) is 2.88. The number of nitrogens with one attached hydrogen (secondary N) is 3. The molecule has 0 fully saturated rings. The van der Waals surface area contributed by atoms with Crippen LogP contribution in [0.2, 0.25) is 0 Å². The lowest BCUT2D eigenvalue weighted by Gasteiger charge is -2.13. The van der Waals surface area contributed by atoms with Crippen molar-refractivity contribution in [3.63, 3.8) is 0 Å². The topological polar surface area (TPSA) is 96.8 Å². The van der Waals surface area contributed by atoms with Crippen LogP contribution in [-0.4, -0.2) is 45.4 Å². The summed E-state index contributed by atoms with van der Waals surface area (Å²) in [7, 11) is 0. The summed E-state index contributed by atoms with van der Waals surface area (Å²) in [6.07, 6.45) is 3.64. The summed E-state index contributed by atoms with van der Waals surface area (Å²) < 4.78 is 1.84. The summed E-state index contributed by atoms with van der Waals surface area (Å²) in [5.74, 6) is 1.76. The number of aromatic nitrogens is 4. The second kappa shape index (κ2) is 9.86. The molecule has 154 valence electrons. The van der Waals surface area contributed by atoms with Crippen LogP contribution in [0.4, 0.5) is 10.6 Å². The van der Waals surface area contributed by atoms with Crippen LogP contribution in [0, 0.1) is 0 Å². The van der Waals surface area contributed by atoms with E-state index >= 15 is 0 Å². The number of carbonyl (C=O) groups excluding carboxylic acids is 1. The fraction of sp³-hybridized carbons (Fsp3) is 0.429. The molecule has 0 spiro atoms. The first kappa shape index (κ1) is 20.6. The summed E-state index contributed by atoms with van der Waals surface area (Å²) in [6.45, 7) is 7.98. The molecule has 1 aromatic carbocycles. The lowest BCUT2D eigenvalue weighted by molar-refractivity contribution is 0.241. The zero-order chi connectivity index (χ0) is 20.6. The van der Waals surface area contributed by atoms with E-state index in [0.29, 0.717) is 19.6 Å². The second-order valence-electron chi connectivity index (χ2n) is 6.98. The van der Waals surface area contributed by atoms with Gasteiger partial charge in [0.1, 0.15) is 11.6 Å². The largest absolute Gasteiger partial charge is 0.368 e. The highest BCUT2D eigenvalue weighted by atomic mass is 16.2. The van der Waals surface area contributed by atoms with E-state index in [0.717, 1.165) is 41.2 Å². The minimum Gasteiger partial charge on any atom is -0.368 e. The first-order valence-corrected chi connectivity index (χ1v) is 10.2. The summed E-state index contributed by atoms with van der Waals surface area (Å²) >= 11 is 0. The number of nitrogens with zero attached hydrogens (tertiary/aromatic N) is 4. The number of benzene rings is 1. The third-order valence-electron chi connectivity index (χ3n) is 4.74. The van der Waals surface area contributed by atoms with Gasteiger partial charge in [0.2, 0.25) is 0 Å². The molecule has 3 rings (SSSR count). The summed E-state index contributed by atoms with van der Waals surface area (Å²) in [5, 5.41) is 14.4. The van der Waals surface area contributed by atoms with E-state index in [1.165, 1.54) is 0 Å². The van der Waals surface area contributed by atoms with Crippen molar-refractivity contribution in [1.29, 1.82) is 0 Å². The van der Waals surface area contributed by atoms with Gasteiger partial charge in [-0.2, -0.15) is 5.10 Å². The Morgan fingerprint density at radius 1 is 1.07 bits per heavy atom. The van der Waals surface area contributed by atoms with Gasteiger partial charge in [0.05, 0.1) is 17.3 Å². The molecule has 0 saturated heterocycles. The number of para-hydroxylation sites is 1. The minimum atomic E-state index is -0.154. The Morgan fingerprint density at radius 2 is 1.83 bits per heavy atom. The number of urea groups is 1. The molecule has 0 aliphatic heterocycles. The van der Waals surface area contributed by atoms with Crippen molar-refractivity contribution in [3.8, 4) is 5.69 Å². The van der Waals surface area contributed by atoms with E-state index in [1.54, 1.807) is 6.20 Å². The van der Waals surface area contributed by atoms with Gasteiger partial charge in [0.15, 0.2) is 5.65 Å². The fourth-order valence-corrected chi connectivity index (χ4v) is 2.88. The van der Waals surface area contributed by atoms with Gasteiger partial charge in [-0.15, -0.1) is 0 Å². The van der Waals surface area contributed by atoms with Crippen molar-refractivity contribution < 1.29 is 4.79 Å². The van der Waals surface area contributed by atoms with Gasteiger partial charge in [0, 0.05) is 25.6 Å². The Kier molecular flexibility index (Phi) is 6.99. The molecule has 0 radical (unpaired) electrons.